The van der Waals surface area contributed by atoms with Gasteiger partial charge < -0.3 is 10.5 Å². The molecule has 32 heavy (non-hydrogen) atoms. The molecule has 0 bridgehead atoms. The van der Waals surface area contributed by atoms with Gasteiger partial charge in [0.05, 0.1) is 18.2 Å². The second-order valence-corrected chi connectivity index (χ2v) is 7.43. The zero-order chi connectivity index (χ0) is 23.9. The first-order valence-electron chi connectivity index (χ1n) is 8.75. The van der Waals surface area contributed by atoms with Gasteiger partial charge in [-0.25, -0.2) is 0 Å². The van der Waals surface area contributed by atoms with Crippen molar-refractivity contribution in [3.05, 3.63) is 53.1 Å². The lowest BCUT2D eigenvalue weighted by molar-refractivity contribution is -0.274. The zero-order valence-corrected chi connectivity index (χ0v) is 16.9. The highest BCUT2D eigenvalue weighted by atomic mass is 32.1. The molecule has 3 rings (SSSR count). The van der Waals surface area contributed by atoms with Gasteiger partial charge in [0.2, 0.25) is 0 Å². The van der Waals surface area contributed by atoms with Crippen molar-refractivity contribution in [3.8, 4) is 11.8 Å². The number of aromatic nitrogens is 3. The molecule has 1 atom stereocenters. The van der Waals surface area contributed by atoms with E-state index in [0.717, 1.165) is 35.1 Å². The molecule has 0 aliphatic rings. The largest absolute Gasteiger partial charge is 0.573 e. The molecule has 13 heteroatoms. The monoisotopic (exact) mass is 473 g/mol. The molecule has 0 saturated carbocycles. The normalized spacial score (nSPS) is 14.1. The fourth-order valence-corrected chi connectivity index (χ4v) is 3.24. The first-order valence-corrected chi connectivity index (χ1v) is 9.16. The van der Waals surface area contributed by atoms with Crippen molar-refractivity contribution < 1.29 is 31.1 Å². The van der Waals surface area contributed by atoms with Gasteiger partial charge in [-0.15, -0.1) is 13.2 Å². The van der Waals surface area contributed by atoms with Crippen LogP contribution in [0.1, 0.15) is 23.6 Å². The van der Waals surface area contributed by atoms with Gasteiger partial charge in [0, 0.05) is 11.6 Å². The van der Waals surface area contributed by atoms with Crippen molar-refractivity contribution in [2.75, 3.05) is 0 Å². The molecule has 3 aromatic rings. The number of nitrogens with zero attached hydrogens (tertiary/aromatic N) is 4. The van der Waals surface area contributed by atoms with Crippen LogP contribution in [0.5, 0.6) is 5.75 Å². The maximum atomic E-state index is 13.2. The van der Waals surface area contributed by atoms with Gasteiger partial charge in [0.15, 0.2) is 0 Å². The first-order chi connectivity index (χ1) is 14.7. The van der Waals surface area contributed by atoms with Crippen LogP contribution in [0.2, 0.25) is 0 Å². The van der Waals surface area contributed by atoms with Gasteiger partial charge in [-0.2, -0.15) is 33.4 Å². The lowest BCUT2D eigenvalue weighted by Crippen LogP contribution is -2.31. The molecular weight excluding hydrogens is 460 g/mol. The molecule has 168 valence electrons. The minimum absolute atomic E-state index is 0.0330. The number of alkyl halides is 6. The van der Waals surface area contributed by atoms with Gasteiger partial charge in [-0.1, -0.05) is 18.3 Å². The number of nitriles is 1. The Bertz CT molecular complexity index is 1230. The molecule has 2 aromatic carbocycles. The number of nitrogens with two attached hydrogens (primary N) is 1. The number of ether oxygens (including phenoxy) is 1. The number of hydrogen-bond donors (Lipinski definition) is 1. The Morgan fingerprint density at radius 3 is 2.31 bits per heavy atom. The average Bonchev–Trinajstić information content (AvgIpc) is 3.06. The molecular formula is C19H13F6N5OS. The van der Waals surface area contributed by atoms with Gasteiger partial charge in [-0.3, -0.25) is 0 Å². The highest BCUT2D eigenvalue weighted by molar-refractivity contribution is 7.80. The summed E-state index contributed by atoms with van der Waals surface area (Å²) < 4.78 is 80.8. The SMILES string of the molecule is CC(C#N)(Cn1nc2ccc(OC(F)(F)F)cc2n1)c1cc(C(F)(F)F)ccc1C(N)=S. The second kappa shape index (κ2) is 7.94. The van der Waals surface area contributed by atoms with E-state index in [1.165, 1.54) is 13.0 Å². The summed E-state index contributed by atoms with van der Waals surface area (Å²) in [5, 5.41) is 17.9. The molecule has 0 aliphatic carbocycles. The summed E-state index contributed by atoms with van der Waals surface area (Å²) in [6, 6.07) is 7.90. The summed E-state index contributed by atoms with van der Waals surface area (Å²) in [7, 11) is 0. The van der Waals surface area contributed by atoms with Crippen LogP contribution in [0.3, 0.4) is 0 Å². The predicted molar refractivity (Wildman–Crippen MR) is 105 cm³/mol. The van der Waals surface area contributed by atoms with E-state index in [2.05, 4.69) is 14.9 Å². The Kier molecular flexibility index (Phi) is 5.77. The van der Waals surface area contributed by atoms with E-state index in [0.29, 0.717) is 0 Å². The Balaban J connectivity index is 2.04. The summed E-state index contributed by atoms with van der Waals surface area (Å²) in [6.45, 7) is 1.03. The Labute approximate surface area is 182 Å². The predicted octanol–water partition coefficient (Wildman–Crippen LogP) is 4.46. The first kappa shape index (κ1) is 23.3. The maximum absolute atomic E-state index is 13.2. The third-order valence-corrected chi connectivity index (χ3v) is 4.76. The Morgan fingerprint density at radius 1 is 1.09 bits per heavy atom. The second-order valence-electron chi connectivity index (χ2n) is 7.00. The number of fused-ring (bicyclic) bond motifs is 1. The molecule has 6 nitrogen and oxygen atoms in total. The van der Waals surface area contributed by atoms with E-state index in [9.17, 15) is 31.6 Å². The van der Waals surface area contributed by atoms with Crippen molar-refractivity contribution in [2.45, 2.75) is 31.4 Å². The number of benzene rings is 2. The van der Waals surface area contributed by atoms with E-state index < -0.39 is 29.3 Å². The molecule has 0 aliphatic heterocycles. The molecule has 1 aromatic heterocycles. The number of hydrogen-bond acceptors (Lipinski definition) is 5. The molecule has 2 N–H and O–H groups in total. The van der Waals surface area contributed by atoms with Crippen LogP contribution in [0.25, 0.3) is 11.0 Å². The van der Waals surface area contributed by atoms with Crippen molar-refractivity contribution in [1.29, 1.82) is 5.26 Å². The average molecular weight is 473 g/mol. The topological polar surface area (TPSA) is 89.8 Å². The highest BCUT2D eigenvalue weighted by Crippen LogP contribution is 2.35. The quantitative estimate of drug-likeness (QED) is 0.435. The van der Waals surface area contributed by atoms with Crippen LogP contribution in [0, 0.1) is 11.3 Å². The standard InChI is InChI=1S/C19H13F6N5OS/c1-17(8-26,13-6-10(18(20,21)22)2-4-12(13)16(27)32)9-30-28-14-5-3-11(7-15(14)29-30)31-19(23,24)25/h2-7H,9H2,1H3,(H2,27,32). The minimum Gasteiger partial charge on any atom is -0.406 e. The maximum Gasteiger partial charge on any atom is 0.573 e. The van der Waals surface area contributed by atoms with E-state index in [1.54, 1.807) is 0 Å². The van der Waals surface area contributed by atoms with Crippen LogP contribution >= 0.6 is 12.2 Å². The smallest absolute Gasteiger partial charge is 0.406 e. The van der Waals surface area contributed by atoms with E-state index in [4.69, 9.17) is 18.0 Å². The molecule has 0 radical (unpaired) electrons. The summed E-state index contributed by atoms with van der Waals surface area (Å²) in [6.07, 6.45) is -9.57. The van der Waals surface area contributed by atoms with Crippen LogP contribution in [-0.2, 0) is 18.1 Å². The van der Waals surface area contributed by atoms with Crippen molar-refractivity contribution in [3.63, 3.8) is 0 Å². The molecule has 0 amide bonds. The molecule has 1 heterocycles. The third-order valence-electron chi connectivity index (χ3n) is 4.54. The van der Waals surface area contributed by atoms with Crippen LogP contribution in [-0.4, -0.2) is 26.3 Å². The van der Waals surface area contributed by atoms with E-state index >= 15 is 0 Å². The van der Waals surface area contributed by atoms with Crippen LogP contribution < -0.4 is 10.5 Å². The molecule has 0 spiro atoms. The molecule has 0 saturated heterocycles. The van der Waals surface area contributed by atoms with E-state index in [-0.39, 0.29) is 33.7 Å². The minimum atomic E-state index is -4.90. The fraction of sp³-hybridized carbons (Fsp3) is 0.263. The summed E-state index contributed by atoms with van der Waals surface area (Å²) in [5.74, 6) is -0.520. The van der Waals surface area contributed by atoms with Gasteiger partial charge in [-0.05, 0) is 36.8 Å². The van der Waals surface area contributed by atoms with E-state index in [1.807, 2.05) is 6.07 Å². The lowest BCUT2D eigenvalue weighted by atomic mass is 9.80. The number of rotatable bonds is 5. The number of halogens is 6. The number of thiocarbonyl (C=S) groups is 1. The van der Waals surface area contributed by atoms with Crippen LogP contribution in [0.15, 0.2) is 36.4 Å². The van der Waals surface area contributed by atoms with Gasteiger partial charge in [0.25, 0.3) is 0 Å². The summed E-state index contributed by atoms with van der Waals surface area (Å²) in [4.78, 5) is 0.803. The summed E-state index contributed by atoms with van der Waals surface area (Å²) >= 11 is 4.92. The van der Waals surface area contributed by atoms with Gasteiger partial charge in [0.1, 0.15) is 27.2 Å². The van der Waals surface area contributed by atoms with Gasteiger partial charge >= 0.3 is 12.5 Å². The molecule has 1 unspecified atom stereocenters. The van der Waals surface area contributed by atoms with Crippen molar-refractivity contribution in [1.82, 2.24) is 15.0 Å². The van der Waals surface area contributed by atoms with Crippen molar-refractivity contribution >= 4 is 28.2 Å². The highest BCUT2D eigenvalue weighted by Gasteiger charge is 2.37. The third kappa shape index (κ3) is 4.91. The molecule has 0 fully saturated rings. The zero-order valence-electron chi connectivity index (χ0n) is 16.1. The van der Waals surface area contributed by atoms with Crippen molar-refractivity contribution in [2.24, 2.45) is 5.73 Å². The Morgan fingerprint density at radius 2 is 1.75 bits per heavy atom. The van der Waals surface area contributed by atoms with Crippen LogP contribution in [0.4, 0.5) is 26.3 Å². The summed E-state index contributed by atoms with van der Waals surface area (Å²) in [5.41, 5.74) is 3.26. The fourth-order valence-electron chi connectivity index (χ4n) is 3.06. The lowest BCUT2D eigenvalue weighted by Gasteiger charge is -2.25. The Hall–Kier alpha value is -3.40.